The lowest BCUT2D eigenvalue weighted by molar-refractivity contribution is 0.229. The quantitative estimate of drug-likeness (QED) is 0.694. The highest BCUT2D eigenvalue weighted by atomic mass is 15.3. The van der Waals surface area contributed by atoms with E-state index in [4.69, 9.17) is 4.98 Å². The highest BCUT2D eigenvalue weighted by Gasteiger charge is 2.37. The van der Waals surface area contributed by atoms with Gasteiger partial charge in [-0.1, -0.05) is 45.9 Å². The van der Waals surface area contributed by atoms with E-state index in [9.17, 15) is 0 Å². The highest BCUT2D eigenvalue weighted by Crippen LogP contribution is 2.46. The molecule has 31 heavy (non-hydrogen) atoms. The molecule has 1 aromatic heterocycles. The van der Waals surface area contributed by atoms with Gasteiger partial charge in [-0.2, -0.15) is 0 Å². The normalized spacial score (nSPS) is 20.7. The summed E-state index contributed by atoms with van der Waals surface area (Å²) in [6.45, 7) is 16.2. The van der Waals surface area contributed by atoms with Crippen LogP contribution >= 0.6 is 0 Å². The Morgan fingerprint density at radius 3 is 2.23 bits per heavy atom. The Bertz CT molecular complexity index is 907. The number of piperazine rings is 1. The molecule has 0 atom stereocenters. The van der Waals surface area contributed by atoms with E-state index < -0.39 is 0 Å². The fourth-order valence-corrected chi connectivity index (χ4v) is 5.05. The summed E-state index contributed by atoms with van der Waals surface area (Å²) in [4.78, 5) is 12.4. The van der Waals surface area contributed by atoms with E-state index in [1.165, 1.54) is 29.5 Å². The number of aromatic nitrogens is 1. The van der Waals surface area contributed by atoms with Gasteiger partial charge >= 0.3 is 0 Å². The molecule has 2 heterocycles. The molecule has 0 spiro atoms. The molecular weight excluding hydrogens is 380 g/mol. The van der Waals surface area contributed by atoms with Crippen LogP contribution in [0.2, 0.25) is 0 Å². The third kappa shape index (κ3) is 4.80. The van der Waals surface area contributed by atoms with Crippen LogP contribution in [0.15, 0.2) is 36.4 Å². The van der Waals surface area contributed by atoms with Gasteiger partial charge in [-0.15, -0.1) is 0 Å². The zero-order valence-electron chi connectivity index (χ0n) is 20.4. The lowest BCUT2D eigenvalue weighted by Crippen LogP contribution is -2.48. The van der Waals surface area contributed by atoms with Gasteiger partial charge in [-0.25, -0.2) is 4.98 Å². The number of hydrogen-bond donors (Lipinski definition) is 0. The van der Waals surface area contributed by atoms with Gasteiger partial charge in [0.05, 0.1) is 5.69 Å². The summed E-state index contributed by atoms with van der Waals surface area (Å²) in [6, 6.07) is 13.6. The van der Waals surface area contributed by atoms with Crippen molar-refractivity contribution >= 4 is 5.82 Å². The summed E-state index contributed by atoms with van der Waals surface area (Å²) in [5.41, 5.74) is 5.83. The van der Waals surface area contributed by atoms with Crippen molar-refractivity contribution < 1.29 is 0 Å². The first-order valence-electron chi connectivity index (χ1n) is 11.9. The molecule has 0 unspecified atom stereocenters. The van der Waals surface area contributed by atoms with Gasteiger partial charge in [0.15, 0.2) is 0 Å². The predicted octanol–water partition coefficient (Wildman–Crippen LogP) is 4.78. The Labute approximate surface area is 189 Å². The molecule has 4 rings (SSSR count). The van der Waals surface area contributed by atoms with Gasteiger partial charge in [0.2, 0.25) is 0 Å². The van der Waals surface area contributed by atoms with Crippen LogP contribution in [0.1, 0.15) is 51.7 Å². The van der Waals surface area contributed by atoms with Crippen LogP contribution in [0.25, 0.3) is 11.3 Å². The first kappa shape index (κ1) is 22.3. The van der Waals surface area contributed by atoms with Crippen LogP contribution in [-0.4, -0.2) is 68.1 Å². The third-order valence-electron chi connectivity index (χ3n) is 7.44. The van der Waals surface area contributed by atoms with Gasteiger partial charge in [0.1, 0.15) is 5.82 Å². The maximum atomic E-state index is 5.10. The van der Waals surface area contributed by atoms with E-state index in [1.807, 2.05) is 0 Å². The van der Waals surface area contributed by atoms with Crippen molar-refractivity contribution in [3.8, 4) is 11.3 Å². The molecule has 0 amide bonds. The molecule has 2 aromatic rings. The smallest absolute Gasteiger partial charge is 0.129 e. The number of nitrogens with zero attached hydrogens (tertiary/aromatic N) is 4. The van der Waals surface area contributed by atoms with Gasteiger partial charge in [-0.3, -0.25) is 4.90 Å². The minimum Gasteiger partial charge on any atom is -0.354 e. The summed E-state index contributed by atoms with van der Waals surface area (Å²) in [7, 11) is 4.29. The van der Waals surface area contributed by atoms with Crippen molar-refractivity contribution in [1.82, 2.24) is 14.8 Å². The number of anilines is 1. The van der Waals surface area contributed by atoms with E-state index >= 15 is 0 Å². The van der Waals surface area contributed by atoms with E-state index in [-0.39, 0.29) is 10.8 Å². The second-order valence-electron chi connectivity index (χ2n) is 11.0. The molecule has 0 radical (unpaired) electrons. The molecule has 0 saturated carbocycles. The Balaban J connectivity index is 1.53. The van der Waals surface area contributed by atoms with Crippen LogP contribution in [0, 0.1) is 0 Å². The summed E-state index contributed by atoms with van der Waals surface area (Å²) < 4.78 is 0. The lowest BCUT2D eigenvalue weighted by Gasteiger charge is -2.42. The number of pyridine rings is 1. The predicted molar refractivity (Wildman–Crippen MR) is 132 cm³/mol. The van der Waals surface area contributed by atoms with Crippen LogP contribution in [0.4, 0.5) is 5.82 Å². The van der Waals surface area contributed by atoms with Crippen molar-refractivity contribution in [2.75, 3.05) is 58.3 Å². The van der Waals surface area contributed by atoms with Crippen LogP contribution in [0.5, 0.6) is 0 Å². The summed E-state index contributed by atoms with van der Waals surface area (Å²) in [6.07, 6.45) is 2.49. The molecule has 1 fully saturated rings. The molecular formula is C27H40N4. The van der Waals surface area contributed by atoms with Gasteiger partial charge < -0.3 is 9.80 Å². The van der Waals surface area contributed by atoms with Crippen molar-refractivity contribution in [3.05, 3.63) is 47.5 Å². The molecule has 2 aliphatic rings. The van der Waals surface area contributed by atoms with Crippen molar-refractivity contribution in [2.45, 2.75) is 51.4 Å². The maximum Gasteiger partial charge on any atom is 0.129 e. The second-order valence-corrected chi connectivity index (χ2v) is 11.0. The Hall–Kier alpha value is -1.91. The van der Waals surface area contributed by atoms with Crippen molar-refractivity contribution in [1.29, 1.82) is 0 Å². The topological polar surface area (TPSA) is 22.6 Å². The van der Waals surface area contributed by atoms with E-state index in [1.54, 1.807) is 0 Å². The molecule has 1 saturated heterocycles. The zero-order chi connectivity index (χ0) is 22.2. The number of rotatable bonds is 5. The largest absolute Gasteiger partial charge is 0.354 e. The molecule has 0 bridgehead atoms. The van der Waals surface area contributed by atoms with Crippen LogP contribution in [-0.2, 0) is 10.8 Å². The maximum absolute atomic E-state index is 5.10. The fourth-order valence-electron chi connectivity index (χ4n) is 5.05. The molecule has 4 heteroatoms. The first-order valence-corrected chi connectivity index (χ1v) is 11.9. The van der Waals surface area contributed by atoms with Gasteiger partial charge in [0.25, 0.3) is 0 Å². The highest BCUT2D eigenvalue weighted by molar-refractivity contribution is 5.65. The minimum absolute atomic E-state index is 0.224. The van der Waals surface area contributed by atoms with E-state index in [0.717, 1.165) is 50.8 Å². The average Bonchev–Trinajstić information content (AvgIpc) is 2.76. The summed E-state index contributed by atoms with van der Waals surface area (Å²) in [5, 5.41) is 0. The van der Waals surface area contributed by atoms with Gasteiger partial charge in [0, 0.05) is 44.8 Å². The Morgan fingerprint density at radius 2 is 1.55 bits per heavy atom. The summed E-state index contributed by atoms with van der Waals surface area (Å²) >= 11 is 0. The minimum atomic E-state index is 0.224. The molecule has 0 N–H and O–H groups in total. The Kier molecular flexibility index (Phi) is 6.15. The van der Waals surface area contributed by atoms with Gasteiger partial charge in [-0.05, 0) is 67.1 Å². The number of fused-ring (bicyclic) bond motifs is 1. The van der Waals surface area contributed by atoms with Crippen molar-refractivity contribution in [2.24, 2.45) is 0 Å². The second kappa shape index (κ2) is 8.55. The number of likely N-dealkylation sites (N-methyl/N-ethyl adjacent to an activating group) is 1. The Morgan fingerprint density at radius 1 is 0.871 bits per heavy atom. The monoisotopic (exact) mass is 420 g/mol. The van der Waals surface area contributed by atoms with Crippen LogP contribution < -0.4 is 4.90 Å². The molecule has 1 aliphatic carbocycles. The summed E-state index contributed by atoms with van der Waals surface area (Å²) in [5.74, 6) is 1.11. The average molecular weight is 421 g/mol. The molecule has 1 aliphatic heterocycles. The number of hydrogen-bond acceptors (Lipinski definition) is 4. The molecule has 168 valence electrons. The SMILES string of the molecule is CN(C)CCN1CCN(c2cccc(-c3ccc4c(c3)C(C)(C)CCC4(C)C)n2)CC1. The standard InChI is InChI=1S/C27H40N4/c1-26(2)12-13-27(3,4)23-20-21(10-11-22(23)26)24-8-7-9-25(28-24)31-18-16-30(17-19-31)15-14-29(5)6/h7-11,20H,12-19H2,1-6H3. The first-order chi connectivity index (χ1) is 14.7. The zero-order valence-corrected chi connectivity index (χ0v) is 20.4. The van der Waals surface area contributed by atoms with Crippen LogP contribution in [0.3, 0.4) is 0 Å². The van der Waals surface area contributed by atoms with E-state index in [0.29, 0.717) is 0 Å². The number of benzene rings is 1. The third-order valence-corrected chi connectivity index (χ3v) is 7.44. The van der Waals surface area contributed by atoms with E-state index in [2.05, 4.69) is 92.9 Å². The molecule has 1 aromatic carbocycles. The molecule has 4 nitrogen and oxygen atoms in total. The fraction of sp³-hybridized carbons (Fsp3) is 0.593. The lowest BCUT2D eigenvalue weighted by atomic mass is 9.63. The van der Waals surface area contributed by atoms with Crippen molar-refractivity contribution in [3.63, 3.8) is 0 Å².